The van der Waals surface area contributed by atoms with Crippen LogP contribution in [0.3, 0.4) is 0 Å². The molecule has 0 radical (unpaired) electrons. The quantitative estimate of drug-likeness (QED) is 0.249. The van der Waals surface area contributed by atoms with E-state index in [0.717, 1.165) is 30.6 Å². The Morgan fingerprint density at radius 2 is 1.87 bits per heavy atom. The number of hydrogen-bond acceptors (Lipinski definition) is 9. The first-order chi connectivity index (χ1) is 18.8. The molecule has 3 heterocycles. The summed E-state index contributed by atoms with van der Waals surface area (Å²) in [6.45, 7) is 5.20. The smallest absolute Gasteiger partial charge is 0.247 e. The number of ether oxygens (including phenoxy) is 1. The van der Waals surface area contributed by atoms with E-state index in [4.69, 9.17) is 4.74 Å². The maximum absolute atomic E-state index is 12.9. The third kappa shape index (κ3) is 6.60. The van der Waals surface area contributed by atoms with Gasteiger partial charge in [0.15, 0.2) is 0 Å². The van der Waals surface area contributed by atoms with Gasteiger partial charge in [-0.15, -0.1) is 11.3 Å². The second kappa shape index (κ2) is 11.5. The van der Waals surface area contributed by atoms with Crippen LogP contribution < -0.4 is 20.1 Å². The monoisotopic (exact) mass is 564 g/mol. The molecule has 0 saturated carbocycles. The third-order valence-electron chi connectivity index (χ3n) is 6.24. The van der Waals surface area contributed by atoms with E-state index in [9.17, 15) is 13.2 Å². The predicted molar refractivity (Wildman–Crippen MR) is 153 cm³/mol. The number of rotatable bonds is 9. The number of sulfonamides is 1. The zero-order chi connectivity index (χ0) is 27.4. The molecule has 10 nitrogen and oxygen atoms in total. The summed E-state index contributed by atoms with van der Waals surface area (Å²) in [7, 11) is -1.58. The SMILES string of the molecule is C=CC(=O)Nc1cccc(Oc2nc(Nc3ccc(S(=O)(=O)NC4CCN(C)CC4)cc3)nc3ccsc23)c1. The average Bonchev–Trinajstić information content (AvgIpc) is 3.39. The Labute approximate surface area is 230 Å². The van der Waals surface area contributed by atoms with Gasteiger partial charge in [-0.1, -0.05) is 12.6 Å². The van der Waals surface area contributed by atoms with Crippen molar-refractivity contribution in [1.29, 1.82) is 0 Å². The molecule has 4 aromatic rings. The van der Waals surface area contributed by atoms with Crippen molar-refractivity contribution in [2.45, 2.75) is 23.8 Å². The highest BCUT2D eigenvalue weighted by Gasteiger charge is 2.23. The molecule has 0 spiro atoms. The number of fused-ring (bicyclic) bond motifs is 1. The van der Waals surface area contributed by atoms with Crippen LogP contribution in [0.4, 0.5) is 17.3 Å². The number of thiophene rings is 1. The number of nitrogens with zero attached hydrogens (tertiary/aromatic N) is 3. The van der Waals surface area contributed by atoms with Crippen LogP contribution in [0.1, 0.15) is 12.8 Å². The molecule has 2 aromatic heterocycles. The van der Waals surface area contributed by atoms with Crippen LogP contribution in [0.25, 0.3) is 10.2 Å². The minimum atomic E-state index is -3.62. The van der Waals surface area contributed by atoms with Gasteiger partial charge in [0.2, 0.25) is 27.8 Å². The van der Waals surface area contributed by atoms with E-state index in [0.29, 0.717) is 34.5 Å². The van der Waals surface area contributed by atoms with E-state index in [1.54, 1.807) is 48.5 Å². The van der Waals surface area contributed by atoms with Crippen molar-refractivity contribution < 1.29 is 17.9 Å². The van der Waals surface area contributed by atoms with Crippen LogP contribution in [0.2, 0.25) is 0 Å². The first-order valence-electron chi connectivity index (χ1n) is 12.3. The molecule has 1 aliphatic heterocycles. The number of carbonyl (C=O) groups excluding carboxylic acids is 1. The van der Waals surface area contributed by atoms with Crippen LogP contribution in [0, 0.1) is 0 Å². The van der Waals surface area contributed by atoms with Crippen LogP contribution in [-0.2, 0) is 14.8 Å². The van der Waals surface area contributed by atoms with Crippen LogP contribution >= 0.6 is 11.3 Å². The first kappa shape index (κ1) is 26.8. The Kier molecular flexibility index (Phi) is 7.89. The number of nitrogens with one attached hydrogen (secondary N) is 3. The molecule has 1 aliphatic rings. The summed E-state index contributed by atoms with van der Waals surface area (Å²) in [6, 6.07) is 15.2. The molecule has 5 rings (SSSR count). The fraction of sp³-hybridized carbons (Fsp3) is 0.222. The van der Waals surface area contributed by atoms with Gasteiger partial charge in [0, 0.05) is 23.5 Å². The van der Waals surface area contributed by atoms with Crippen LogP contribution in [0.15, 0.2) is 77.5 Å². The number of piperidine rings is 1. The minimum Gasteiger partial charge on any atom is -0.437 e. The Hall–Kier alpha value is -3.84. The molecule has 1 amide bonds. The Morgan fingerprint density at radius 1 is 1.10 bits per heavy atom. The molecule has 12 heteroatoms. The number of carbonyl (C=O) groups is 1. The summed E-state index contributed by atoms with van der Waals surface area (Å²) in [5, 5.41) is 7.74. The maximum Gasteiger partial charge on any atom is 0.247 e. The number of likely N-dealkylation sites (tertiary alicyclic amines) is 1. The predicted octanol–water partition coefficient (Wildman–Crippen LogP) is 4.72. The lowest BCUT2D eigenvalue weighted by Crippen LogP contribution is -2.43. The Bertz CT molecular complexity index is 1600. The normalized spacial score (nSPS) is 14.7. The second-order valence-electron chi connectivity index (χ2n) is 9.16. The standard InChI is InChI=1S/C27H28N6O4S2/c1-3-24(34)28-20-5-4-6-21(17-20)37-26-25-23(13-16-38-25)30-27(31-26)29-18-7-9-22(10-8-18)39(35,36)32-19-11-14-33(2)15-12-19/h3-10,13,16-17,19,32H,1,11-12,14-15H2,2H3,(H,28,34)(H,29,30,31). The van der Waals surface area contributed by atoms with E-state index in [1.165, 1.54) is 17.4 Å². The zero-order valence-electron chi connectivity index (χ0n) is 21.3. The van der Waals surface area contributed by atoms with Gasteiger partial charge >= 0.3 is 0 Å². The first-order valence-corrected chi connectivity index (χ1v) is 14.7. The number of benzene rings is 2. The highest BCUT2D eigenvalue weighted by atomic mass is 32.2. The van der Waals surface area contributed by atoms with E-state index < -0.39 is 10.0 Å². The molecule has 3 N–H and O–H groups in total. The number of amides is 1. The maximum atomic E-state index is 12.9. The lowest BCUT2D eigenvalue weighted by atomic mass is 10.1. The summed E-state index contributed by atoms with van der Waals surface area (Å²) in [5.41, 5.74) is 1.89. The van der Waals surface area contributed by atoms with E-state index >= 15 is 0 Å². The van der Waals surface area contributed by atoms with Crippen molar-refractivity contribution in [3.05, 3.63) is 72.6 Å². The van der Waals surface area contributed by atoms with E-state index in [-0.39, 0.29) is 16.8 Å². The molecule has 1 fully saturated rings. The summed E-state index contributed by atoms with van der Waals surface area (Å²) >= 11 is 1.45. The Balaban J connectivity index is 1.32. The highest BCUT2D eigenvalue weighted by Crippen LogP contribution is 2.33. The van der Waals surface area contributed by atoms with Gasteiger partial charge in [0.1, 0.15) is 10.4 Å². The zero-order valence-corrected chi connectivity index (χ0v) is 22.9. The fourth-order valence-electron chi connectivity index (χ4n) is 4.16. The van der Waals surface area contributed by atoms with Gasteiger partial charge in [0.25, 0.3) is 0 Å². The van der Waals surface area contributed by atoms with Crippen molar-refractivity contribution in [3.8, 4) is 11.6 Å². The van der Waals surface area contributed by atoms with Crippen LogP contribution in [0.5, 0.6) is 11.6 Å². The summed E-state index contributed by atoms with van der Waals surface area (Å²) in [6.07, 6.45) is 2.77. The molecule has 0 unspecified atom stereocenters. The van der Waals surface area contributed by atoms with E-state index in [1.807, 2.05) is 18.5 Å². The Morgan fingerprint density at radius 3 is 2.62 bits per heavy atom. The fourth-order valence-corrected chi connectivity index (χ4v) is 6.22. The number of anilines is 3. The van der Waals surface area contributed by atoms with Crippen molar-refractivity contribution in [1.82, 2.24) is 19.6 Å². The molecule has 202 valence electrons. The molecule has 1 saturated heterocycles. The van der Waals surface area contributed by atoms with Crippen LogP contribution in [-0.4, -0.2) is 55.4 Å². The van der Waals surface area contributed by atoms with Gasteiger partial charge < -0.3 is 20.3 Å². The topological polar surface area (TPSA) is 126 Å². The molecular weight excluding hydrogens is 536 g/mol. The summed E-state index contributed by atoms with van der Waals surface area (Å²) in [4.78, 5) is 23.2. The largest absolute Gasteiger partial charge is 0.437 e. The van der Waals surface area contributed by atoms with Crippen molar-refractivity contribution >= 4 is 54.8 Å². The molecule has 39 heavy (non-hydrogen) atoms. The van der Waals surface area contributed by atoms with Gasteiger partial charge in [-0.05, 0) is 86.9 Å². The third-order valence-corrected chi connectivity index (χ3v) is 8.66. The van der Waals surface area contributed by atoms with Gasteiger partial charge in [-0.25, -0.2) is 18.1 Å². The van der Waals surface area contributed by atoms with Crippen molar-refractivity contribution in [3.63, 3.8) is 0 Å². The highest BCUT2D eigenvalue weighted by molar-refractivity contribution is 7.89. The van der Waals surface area contributed by atoms with Crippen molar-refractivity contribution in [2.24, 2.45) is 0 Å². The number of hydrogen-bond donors (Lipinski definition) is 3. The van der Waals surface area contributed by atoms with Gasteiger partial charge in [-0.2, -0.15) is 4.98 Å². The lowest BCUT2D eigenvalue weighted by Gasteiger charge is -2.29. The van der Waals surface area contributed by atoms with Gasteiger partial charge in [0.05, 0.1) is 10.4 Å². The summed E-state index contributed by atoms with van der Waals surface area (Å²) < 4.78 is 35.4. The van der Waals surface area contributed by atoms with Gasteiger partial charge in [-0.3, -0.25) is 4.79 Å². The number of aromatic nitrogens is 2. The summed E-state index contributed by atoms with van der Waals surface area (Å²) in [5.74, 6) is 0.818. The molecular formula is C27H28N6O4S2. The van der Waals surface area contributed by atoms with E-state index in [2.05, 4.69) is 36.8 Å². The second-order valence-corrected chi connectivity index (χ2v) is 11.8. The molecule has 0 bridgehead atoms. The molecule has 0 atom stereocenters. The molecule has 2 aromatic carbocycles. The van der Waals surface area contributed by atoms with Crippen molar-refractivity contribution in [2.75, 3.05) is 30.8 Å². The average molecular weight is 565 g/mol. The molecule has 0 aliphatic carbocycles. The lowest BCUT2D eigenvalue weighted by molar-refractivity contribution is -0.111. The minimum absolute atomic E-state index is 0.0629.